The Balaban J connectivity index is 2.19. The number of nitrogens with two attached hydrogens (primary N) is 2. The molecule has 0 saturated heterocycles. The maximum Gasteiger partial charge on any atom is 0.147 e. The zero-order chi connectivity index (χ0) is 13.2. The van der Waals surface area contributed by atoms with Crippen molar-refractivity contribution in [3.63, 3.8) is 0 Å². The number of nitrogens with zero attached hydrogens (tertiary/aromatic N) is 2. The fraction of sp³-hybridized carbons (Fsp3) is 0.143. The molecule has 0 spiro atoms. The van der Waals surface area contributed by atoms with Crippen LogP contribution in [0.5, 0.6) is 0 Å². The van der Waals surface area contributed by atoms with E-state index in [0.717, 1.165) is 29.0 Å². The Kier molecular flexibility index (Phi) is 3.13. The Morgan fingerprint density at radius 2 is 1.95 bits per heavy atom. The molecule has 0 saturated carbocycles. The van der Waals surface area contributed by atoms with Crippen molar-refractivity contribution in [2.45, 2.75) is 6.42 Å². The zero-order valence-electron chi connectivity index (χ0n) is 10.3. The molecule has 5 heteroatoms. The topological polar surface area (TPSA) is 77.8 Å². The first kappa shape index (κ1) is 12.0. The predicted octanol–water partition coefficient (Wildman–Crippen LogP) is 2.79. The average molecular weight is 270 g/mol. The van der Waals surface area contributed by atoms with Crippen LogP contribution in [0.15, 0.2) is 36.7 Å². The van der Waals surface area contributed by atoms with E-state index < -0.39 is 0 Å². The normalized spacial score (nSPS) is 14.4. The van der Waals surface area contributed by atoms with E-state index in [9.17, 15) is 0 Å². The molecule has 0 aromatic carbocycles. The van der Waals surface area contributed by atoms with E-state index in [1.807, 2.05) is 18.2 Å². The predicted molar refractivity (Wildman–Crippen MR) is 81.3 cm³/mol. The third-order valence-electron chi connectivity index (χ3n) is 3.01. The maximum absolute atomic E-state index is 5.90. The van der Waals surface area contributed by atoms with Gasteiger partial charge in [0.2, 0.25) is 0 Å². The van der Waals surface area contributed by atoms with Crippen LogP contribution in [0.4, 0.5) is 11.5 Å². The SMILES string of the molecule is Nc1cc(-c2ccncc2)c(C2=CCCS2)nc1N. The van der Waals surface area contributed by atoms with Crippen molar-refractivity contribution < 1.29 is 0 Å². The van der Waals surface area contributed by atoms with Crippen molar-refractivity contribution in [3.8, 4) is 11.1 Å². The number of aromatic nitrogens is 2. The number of allylic oxidation sites excluding steroid dienone is 1. The number of anilines is 2. The van der Waals surface area contributed by atoms with E-state index in [1.54, 1.807) is 24.2 Å². The molecule has 1 aliphatic heterocycles. The summed E-state index contributed by atoms with van der Waals surface area (Å²) in [5, 5.41) is 0. The van der Waals surface area contributed by atoms with Gasteiger partial charge in [0.05, 0.1) is 11.4 Å². The lowest BCUT2D eigenvalue weighted by Gasteiger charge is -2.12. The van der Waals surface area contributed by atoms with Gasteiger partial charge in [0.25, 0.3) is 0 Å². The number of nitrogen functional groups attached to an aromatic ring is 2. The fourth-order valence-electron chi connectivity index (χ4n) is 2.07. The van der Waals surface area contributed by atoms with Gasteiger partial charge in [-0.1, -0.05) is 6.08 Å². The van der Waals surface area contributed by atoms with E-state index >= 15 is 0 Å². The summed E-state index contributed by atoms with van der Waals surface area (Å²) in [6.45, 7) is 0. The van der Waals surface area contributed by atoms with Gasteiger partial charge in [-0.15, -0.1) is 11.8 Å². The van der Waals surface area contributed by atoms with Crippen molar-refractivity contribution in [1.29, 1.82) is 0 Å². The second-order valence-electron chi connectivity index (χ2n) is 4.30. The van der Waals surface area contributed by atoms with E-state index in [0.29, 0.717) is 11.5 Å². The van der Waals surface area contributed by atoms with E-state index in [1.165, 1.54) is 4.91 Å². The highest BCUT2D eigenvalue weighted by atomic mass is 32.2. The Hall–Kier alpha value is -2.01. The minimum atomic E-state index is 0.390. The number of thioether (sulfide) groups is 1. The van der Waals surface area contributed by atoms with Crippen LogP contribution in [0.1, 0.15) is 12.1 Å². The molecule has 4 nitrogen and oxygen atoms in total. The van der Waals surface area contributed by atoms with Crippen LogP contribution in [-0.4, -0.2) is 15.7 Å². The number of hydrogen-bond donors (Lipinski definition) is 2. The van der Waals surface area contributed by atoms with Crippen molar-refractivity contribution >= 4 is 28.2 Å². The molecule has 96 valence electrons. The van der Waals surface area contributed by atoms with Crippen LogP contribution in [0, 0.1) is 0 Å². The molecular weight excluding hydrogens is 256 g/mol. The summed E-state index contributed by atoms with van der Waals surface area (Å²) >= 11 is 1.81. The first-order valence-electron chi connectivity index (χ1n) is 6.05. The van der Waals surface area contributed by atoms with E-state index in [2.05, 4.69) is 16.0 Å². The van der Waals surface area contributed by atoms with Crippen LogP contribution < -0.4 is 11.5 Å². The van der Waals surface area contributed by atoms with Gasteiger partial charge in [-0.2, -0.15) is 0 Å². The second-order valence-corrected chi connectivity index (χ2v) is 5.44. The van der Waals surface area contributed by atoms with Gasteiger partial charge in [-0.3, -0.25) is 4.98 Å². The lowest BCUT2D eigenvalue weighted by molar-refractivity contribution is 1.26. The van der Waals surface area contributed by atoms with Crippen molar-refractivity contribution in [2.75, 3.05) is 17.2 Å². The Morgan fingerprint density at radius 3 is 2.63 bits per heavy atom. The molecule has 2 aromatic heterocycles. The summed E-state index contributed by atoms with van der Waals surface area (Å²) < 4.78 is 0. The molecule has 0 atom stereocenters. The van der Waals surface area contributed by atoms with Crippen LogP contribution in [0.2, 0.25) is 0 Å². The third kappa shape index (κ3) is 2.29. The van der Waals surface area contributed by atoms with Gasteiger partial charge >= 0.3 is 0 Å². The Bertz CT molecular complexity index is 637. The van der Waals surface area contributed by atoms with Gasteiger partial charge in [0, 0.05) is 28.6 Å². The Morgan fingerprint density at radius 1 is 1.16 bits per heavy atom. The lowest BCUT2D eigenvalue weighted by Crippen LogP contribution is -2.02. The zero-order valence-corrected chi connectivity index (χ0v) is 11.2. The lowest BCUT2D eigenvalue weighted by atomic mass is 10.0. The third-order valence-corrected chi connectivity index (χ3v) is 4.12. The van der Waals surface area contributed by atoms with Gasteiger partial charge < -0.3 is 11.5 Å². The molecule has 0 aliphatic carbocycles. The Labute approximate surface area is 115 Å². The molecule has 3 rings (SSSR count). The molecule has 0 unspecified atom stereocenters. The van der Waals surface area contributed by atoms with Crippen LogP contribution in [-0.2, 0) is 0 Å². The molecule has 2 aromatic rings. The minimum absolute atomic E-state index is 0.390. The largest absolute Gasteiger partial charge is 0.396 e. The summed E-state index contributed by atoms with van der Waals surface area (Å²) in [4.78, 5) is 9.70. The minimum Gasteiger partial charge on any atom is -0.396 e. The molecule has 0 bridgehead atoms. The smallest absolute Gasteiger partial charge is 0.147 e. The highest BCUT2D eigenvalue weighted by molar-refractivity contribution is 8.08. The van der Waals surface area contributed by atoms with Crippen molar-refractivity contribution in [1.82, 2.24) is 9.97 Å². The summed E-state index contributed by atoms with van der Waals surface area (Å²) in [6.07, 6.45) is 6.80. The average Bonchev–Trinajstić information content (AvgIpc) is 2.96. The fourth-order valence-corrected chi connectivity index (χ4v) is 3.05. The van der Waals surface area contributed by atoms with Gasteiger partial charge in [-0.25, -0.2) is 4.98 Å². The van der Waals surface area contributed by atoms with E-state index in [-0.39, 0.29) is 0 Å². The first-order valence-corrected chi connectivity index (χ1v) is 7.04. The number of pyridine rings is 2. The highest BCUT2D eigenvalue weighted by Gasteiger charge is 2.17. The van der Waals surface area contributed by atoms with Crippen LogP contribution >= 0.6 is 11.8 Å². The molecule has 3 heterocycles. The van der Waals surface area contributed by atoms with Gasteiger partial charge in [-0.05, 0) is 30.2 Å². The quantitative estimate of drug-likeness (QED) is 0.877. The van der Waals surface area contributed by atoms with Crippen LogP contribution in [0.25, 0.3) is 16.0 Å². The molecular formula is C14H14N4S. The summed E-state index contributed by atoms with van der Waals surface area (Å²) in [6, 6.07) is 5.80. The molecule has 19 heavy (non-hydrogen) atoms. The van der Waals surface area contributed by atoms with Crippen molar-refractivity contribution in [3.05, 3.63) is 42.4 Å². The maximum atomic E-state index is 5.90. The standard InChI is InChI=1S/C14H14N4S/c15-11-8-10(9-3-5-17-6-4-9)13(18-14(11)16)12-2-1-7-19-12/h2-6,8H,1,7,15H2,(H2,16,18). The molecule has 4 N–H and O–H groups in total. The summed E-state index contributed by atoms with van der Waals surface area (Å²) in [5.74, 6) is 1.48. The van der Waals surface area contributed by atoms with Gasteiger partial charge in [0.15, 0.2) is 0 Å². The summed E-state index contributed by atoms with van der Waals surface area (Å²) in [5.41, 5.74) is 15.2. The van der Waals surface area contributed by atoms with E-state index in [4.69, 9.17) is 11.5 Å². The highest BCUT2D eigenvalue weighted by Crippen LogP contribution is 2.39. The van der Waals surface area contributed by atoms with Crippen LogP contribution in [0.3, 0.4) is 0 Å². The number of hydrogen-bond acceptors (Lipinski definition) is 5. The first-order chi connectivity index (χ1) is 9.25. The molecule has 1 aliphatic rings. The molecule has 0 radical (unpaired) electrons. The van der Waals surface area contributed by atoms with Gasteiger partial charge in [0.1, 0.15) is 5.82 Å². The number of rotatable bonds is 2. The summed E-state index contributed by atoms with van der Waals surface area (Å²) in [7, 11) is 0. The van der Waals surface area contributed by atoms with Crippen molar-refractivity contribution in [2.24, 2.45) is 0 Å². The molecule has 0 amide bonds. The monoisotopic (exact) mass is 270 g/mol. The second kappa shape index (κ2) is 4.93. The molecule has 0 fully saturated rings.